The van der Waals surface area contributed by atoms with Crippen molar-refractivity contribution in [3.05, 3.63) is 52.8 Å². The first-order chi connectivity index (χ1) is 9.53. The first-order valence-electron chi connectivity index (χ1n) is 6.72. The second kappa shape index (κ2) is 6.39. The molecule has 0 fully saturated rings. The lowest BCUT2D eigenvalue weighted by Gasteiger charge is -2.25. The van der Waals surface area contributed by atoms with Crippen LogP contribution in [0.2, 0.25) is 5.02 Å². The van der Waals surface area contributed by atoms with Gasteiger partial charge in [0.25, 0.3) is 0 Å². The highest BCUT2D eigenvalue weighted by atomic mass is 35.5. The van der Waals surface area contributed by atoms with Gasteiger partial charge in [0.1, 0.15) is 5.60 Å². The number of hydrogen-bond donors (Lipinski definition) is 2. The summed E-state index contributed by atoms with van der Waals surface area (Å²) < 4.78 is 1.88. The van der Waals surface area contributed by atoms with Crippen LogP contribution in [0.15, 0.2) is 36.7 Å². The fraction of sp³-hybridized carbons (Fsp3) is 0.400. The van der Waals surface area contributed by atoms with Crippen LogP contribution in [0.25, 0.3) is 0 Å². The Bertz CT molecular complexity index is 566. The summed E-state index contributed by atoms with van der Waals surface area (Å²) in [6, 6.07) is 7.37. The van der Waals surface area contributed by atoms with E-state index in [0.717, 1.165) is 17.7 Å². The topological polar surface area (TPSA) is 50.1 Å². The number of aliphatic hydroxyl groups is 1. The van der Waals surface area contributed by atoms with Crippen LogP contribution < -0.4 is 5.32 Å². The Kier molecular flexibility index (Phi) is 4.81. The fourth-order valence-corrected chi connectivity index (χ4v) is 2.45. The van der Waals surface area contributed by atoms with Crippen molar-refractivity contribution in [2.45, 2.75) is 32.5 Å². The lowest BCUT2D eigenvalue weighted by molar-refractivity contribution is 0.0568. The van der Waals surface area contributed by atoms with Gasteiger partial charge < -0.3 is 10.4 Å². The van der Waals surface area contributed by atoms with E-state index in [4.69, 9.17) is 11.6 Å². The molecule has 5 heteroatoms. The Hall–Kier alpha value is -1.36. The monoisotopic (exact) mass is 293 g/mol. The molecule has 0 aliphatic rings. The largest absolute Gasteiger partial charge is 0.384 e. The van der Waals surface area contributed by atoms with Gasteiger partial charge in [0, 0.05) is 42.0 Å². The van der Waals surface area contributed by atoms with Gasteiger partial charge in [0.15, 0.2) is 0 Å². The maximum Gasteiger partial charge on any atom is 0.101 e. The molecule has 0 saturated heterocycles. The lowest BCUT2D eigenvalue weighted by atomic mass is 9.96. The van der Waals surface area contributed by atoms with Gasteiger partial charge in [-0.15, -0.1) is 0 Å². The standard InChI is InChI=1S/C15H20ClN3O/c1-3-19-10-12(9-18-19)8-17-11-15(2,20)13-6-4-5-7-14(13)16/h4-7,9-10,17,20H,3,8,11H2,1-2H3/t15-/m0/s1. The van der Waals surface area contributed by atoms with Crippen molar-refractivity contribution >= 4 is 11.6 Å². The third-order valence-electron chi connectivity index (χ3n) is 3.26. The van der Waals surface area contributed by atoms with Crippen LogP contribution in [0.4, 0.5) is 0 Å². The number of aryl methyl sites for hydroxylation is 1. The Labute approximate surface area is 124 Å². The van der Waals surface area contributed by atoms with Crippen molar-refractivity contribution < 1.29 is 5.11 Å². The predicted molar refractivity (Wildman–Crippen MR) is 80.6 cm³/mol. The summed E-state index contributed by atoms with van der Waals surface area (Å²) in [6.45, 7) is 5.76. The van der Waals surface area contributed by atoms with E-state index in [-0.39, 0.29) is 0 Å². The SMILES string of the molecule is CCn1cc(CNC[C@](C)(O)c2ccccc2Cl)cn1. The molecular formula is C15H20ClN3O. The fourth-order valence-electron chi connectivity index (χ4n) is 2.11. The van der Waals surface area contributed by atoms with Gasteiger partial charge in [-0.05, 0) is 19.9 Å². The molecule has 108 valence electrons. The normalized spacial score (nSPS) is 14.2. The van der Waals surface area contributed by atoms with E-state index in [9.17, 15) is 5.11 Å². The maximum absolute atomic E-state index is 10.5. The number of halogens is 1. The Morgan fingerprint density at radius 3 is 2.80 bits per heavy atom. The molecule has 1 aromatic heterocycles. The van der Waals surface area contributed by atoms with E-state index in [0.29, 0.717) is 18.1 Å². The van der Waals surface area contributed by atoms with Crippen LogP contribution in [0.5, 0.6) is 0 Å². The summed E-state index contributed by atoms with van der Waals surface area (Å²) in [7, 11) is 0. The zero-order chi connectivity index (χ0) is 14.6. The second-order valence-electron chi connectivity index (χ2n) is 5.06. The van der Waals surface area contributed by atoms with E-state index in [1.807, 2.05) is 42.2 Å². The average Bonchev–Trinajstić information content (AvgIpc) is 2.87. The number of nitrogens with one attached hydrogen (secondary N) is 1. The zero-order valence-electron chi connectivity index (χ0n) is 11.8. The molecule has 2 aromatic rings. The van der Waals surface area contributed by atoms with Gasteiger partial charge >= 0.3 is 0 Å². The predicted octanol–water partition coefficient (Wildman–Crippen LogP) is 2.55. The summed E-state index contributed by atoms with van der Waals surface area (Å²) >= 11 is 6.13. The number of rotatable bonds is 6. The molecule has 4 nitrogen and oxygen atoms in total. The maximum atomic E-state index is 10.5. The Morgan fingerprint density at radius 2 is 2.15 bits per heavy atom. The van der Waals surface area contributed by atoms with Crippen LogP contribution in [-0.4, -0.2) is 21.4 Å². The quantitative estimate of drug-likeness (QED) is 0.860. The van der Waals surface area contributed by atoms with E-state index in [2.05, 4.69) is 10.4 Å². The van der Waals surface area contributed by atoms with Crippen LogP contribution in [0, 0.1) is 0 Å². The molecule has 0 amide bonds. The van der Waals surface area contributed by atoms with Crippen molar-refractivity contribution in [3.8, 4) is 0 Å². The molecule has 2 N–H and O–H groups in total. The van der Waals surface area contributed by atoms with E-state index in [1.54, 1.807) is 13.0 Å². The van der Waals surface area contributed by atoms with Crippen LogP contribution in [-0.2, 0) is 18.7 Å². The molecule has 2 rings (SSSR count). The number of nitrogens with zero attached hydrogens (tertiary/aromatic N) is 2. The summed E-state index contributed by atoms with van der Waals surface area (Å²) in [5.41, 5.74) is 0.833. The van der Waals surface area contributed by atoms with Crippen LogP contribution in [0.1, 0.15) is 25.0 Å². The summed E-state index contributed by atoms with van der Waals surface area (Å²) in [6.07, 6.45) is 3.83. The molecule has 0 saturated carbocycles. The van der Waals surface area contributed by atoms with Crippen molar-refractivity contribution in [3.63, 3.8) is 0 Å². The molecule has 1 heterocycles. The highest BCUT2D eigenvalue weighted by Gasteiger charge is 2.24. The van der Waals surface area contributed by atoms with Gasteiger partial charge in [-0.2, -0.15) is 5.10 Å². The number of benzene rings is 1. The third kappa shape index (κ3) is 3.60. The van der Waals surface area contributed by atoms with Gasteiger partial charge in [0.2, 0.25) is 0 Å². The smallest absolute Gasteiger partial charge is 0.101 e. The molecule has 0 radical (unpaired) electrons. The molecule has 0 aliphatic heterocycles. The van der Waals surface area contributed by atoms with Gasteiger partial charge in [-0.1, -0.05) is 29.8 Å². The highest BCUT2D eigenvalue weighted by molar-refractivity contribution is 6.31. The third-order valence-corrected chi connectivity index (χ3v) is 3.59. The van der Waals surface area contributed by atoms with Crippen LogP contribution >= 0.6 is 11.6 Å². The van der Waals surface area contributed by atoms with Crippen molar-refractivity contribution in [1.82, 2.24) is 15.1 Å². The number of hydrogen-bond acceptors (Lipinski definition) is 3. The van der Waals surface area contributed by atoms with Crippen molar-refractivity contribution in [1.29, 1.82) is 0 Å². The first-order valence-corrected chi connectivity index (χ1v) is 7.10. The minimum Gasteiger partial charge on any atom is -0.384 e. The Balaban J connectivity index is 1.94. The minimum atomic E-state index is -1.00. The molecule has 0 unspecified atom stereocenters. The van der Waals surface area contributed by atoms with Crippen molar-refractivity contribution in [2.24, 2.45) is 0 Å². The molecule has 0 aliphatic carbocycles. The van der Waals surface area contributed by atoms with E-state index < -0.39 is 5.60 Å². The van der Waals surface area contributed by atoms with E-state index in [1.165, 1.54) is 0 Å². The second-order valence-corrected chi connectivity index (χ2v) is 5.47. The summed E-state index contributed by atoms with van der Waals surface area (Å²) in [4.78, 5) is 0. The molecule has 20 heavy (non-hydrogen) atoms. The average molecular weight is 294 g/mol. The van der Waals surface area contributed by atoms with E-state index >= 15 is 0 Å². The molecule has 1 atom stereocenters. The summed E-state index contributed by atoms with van der Waals surface area (Å²) in [5, 5.41) is 18.6. The number of aromatic nitrogens is 2. The van der Waals surface area contributed by atoms with Crippen LogP contribution in [0.3, 0.4) is 0 Å². The highest BCUT2D eigenvalue weighted by Crippen LogP contribution is 2.27. The van der Waals surface area contributed by atoms with Gasteiger partial charge in [0.05, 0.1) is 6.20 Å². The van der Waals surface area contributed by atoms with Gasteiger partial charge in [-0.3, -0.25) is 4.68 Å². The molecule has 0 bridgehead atoms. The molecular weight excluding hydrogens is 274 g/mol. The summed E-state index contributed by atoms with van der Waals surface area (Å²) in [5.74, 6) is 0. The molecule has 0 spiro atoms. The first kappa shape index (κ1) is 15.0. The lowest BCUT2D eigenvalue weighted by Crippen LogP contribution is -2.35. The van der Waals surface area contributed by atoms with Gasteiger partial charge in [-0.25, -0.2) is 0 Å². The molecule has 1 aromatic carbocycles. The zero-order valence-corrected chi connectivity index (χ0v) is 12.6. The Morgan fingerprint density at radius 1 is 1.40 bits per heavy atom. The minimum absolute atomic E-state index is 0.425. The van der Waals surface area contributed by atoms with Crippen molar-refractivity contribution in [2.75, 3.05) is 6.54 Å².